The molecule has 4 rings (SSSR count). The average molecular weight is 554 g/mol. The number of hydrogen-bond acceptors (Lipinski definition) is 6. The minimum Gasteiger partial charge on any atom is -0.494 e. The second-order valence-electron chi connectivity index (χ2n) is 10.7. The number of pyridine rings is 1. The van der Waals surface area contributed by atoms with Crippen LogP contribution < -0.4 is 10.1 Å². The summed E-state index contributed by atoms with van der Waals surface area (Å²) in [5, 5.41) is 20.8. The predicted molar refractivity (Wildman–Crippen MR) is 154 cm³/mol. The molecule has 3 N–H and O–H groups in total. The van der Waals surface area contributed by atoms with E-state index in [9.17, 15) is 9.90 Å². The number of rotatable bonds is 12. The summed E-state index contributed by atoms with van der Waals surface area (Å²) in [7, 11) is 0. The van der Waals surface area contributed by atoms with Crippen molar-refractivity contribution in [2.24, 2.45) is 5.92 Å². The number of carbonyl (C=O) groups excluding carboxylic acids is 1. The van der Waals surface area contributed by atoms with E-state index in [0.717, 1.165) is 53.9 Å². The summed E-state index contributed by atoms with van der Waals surface area (Å²) < 4.78 is 6.00. The van der Waals surface area contributed by atoms with Gasteiger partial charge in [-0.3, -0.25) is 9.89 Å². The molecule has 3 aromatic rings. The minimum atomic E-state index is -0.629. The highest BCUT2D eigenvalue weighted by Crippen LogP contribution is 2.34. The molecule has 0 bridgehead atoms. The number of aliphatic hydroxyl groups is 1. The first-order chi connectivity index (χ1) is 18.8. The Morgan fingerprint density at radius 2 is 1.95 bits per heavy atom. The quantitative estimate of drug-likeness (QED) is 0.210. The highest BCUT2D eigenvalue weighted by molar-refractivity contribution is 6.33. The molecule has 0 atom stereocenters. The number of carbonyl (C=O) groups is 1. The lowest BCUT2D eigenvalue weighted by Crippen LogP contribution is -2.26. The Bertz CT molecular complexity index is 1250. The Hall–Kier alpha value is -2.97. The number of nitrogens with zero attached hydrogens (tertiary/aromatic N) is 3. The van der Waals surface area contributed by atoms with Crippen molar-refractivity contribution in [1.29, 1.82) is 0 Å². The van der Waals surface area contributed by atoms with Crippen LogP contribution in [0.15, 0.2) is 30.5 Å². The molecule has 210 valence electrons. The zero-order chi connectivity index (χ0) is 27.8. The van der Waals surface area contributed by atoms with E-state index in [4.69, 9.17) is 16.3 Å². The van der Waals surface area contributed by atoms with E-state index >= 15 is 0 Å². The zero-order valence-electron chi connectivity index (χ0n) is 23.2. The average Bonchev–Trinajstić information content (AvgIpc) is 3.42. The molecular formula is C30H40ClN5O3. The number of ether oxygens (including phenoxy) is 1. The fraction of sp³-hybridized carbons (Fsp3) is 0.533. The Labute approximate surface area is 236 Å². The van der Waals surface area contributed by atoms with Crippen LogP contribution in [0.1, 0.15) is 93.6 Å². The van der Waals surface area contributed by atoms with Crippen LogP contribution >= 0.6 is 11.6 Å². The van der Waals surface area contributed by atoms with Crippen LogP contribution in [0.25, 0.3) is 11.1 Å². The van der Waals surface area contributed by atoms with Gasteiger partial charge in [-0.2, -0.15) is 0 Å². The maximum Gasteiger partial charge on any atom is 0.296 e. The first-order valence-electron chi connectivity index (χ1n) is 14.1. The lowest BCUT2D eigenvalue weighted by Gasteiger charge is -2.25. The number of H-pyrrole nitrogens is 1. The summed E-state index contributed by atoms with van der Waals surface area (Å²) in [5.41, 5.74) is 2.02. The number of amides is 1. The third kappa shape index (κ3) is 7.79. The highest BCUT2D eigenvalue weighted by atomic mass is 35.5. The number of aromatic nitrogens is 4. The van der Waals surface area contributed by atoms with Gasteiger partial charge in [0.1, 0.15) is 17.4 Å². The molecule has 2 aromatic heterocycles. The zero-order valence-corrected chi connectivity index (χ0v) is 24.0. The molecule has 1 aromatic carbocycles. The van der Waals surface area contributed by atoms with Crippen LogP contribution in [0.5, 0.6) is 5.75 Å². The van der Waals surface area contributed by atoms with Gasteiger partial charge in [0.15, 0.2) is 0 Å². The van der Waals surface area contributed by atoms with E-state index in [2.05, 4.69) is 25.5 Å². The number of aryl methyl sites for hydroxylation is 1. The summed E-state index contributed by atoms with van der Waals surface area (Å²) in [6.45, 7) is 6.52. The van der Waals surface area contributed by atoms with E-state index in [1.807, 2.05) is 39.0 Å². The normalized spacial score (nSPS) is 14.4. The lowest BCUT2D eigenvalue weighted by atomic mass is 9.87. The molecule has 1 aliphatic carbocycles. The first kappa shape index (κ1) is 29.0. The fourth-order valence-corrected chi connectivity index (χ4v) is 5.42. The van der Waals surface area contributed by atoms with E-state index in [-0.39, 0.29) is 5.82 Å². The molecule has 1 aliphatic rings. The SMILES string of the molecule is CCC(O)(CC)CCCOc1ccc(C)c(-c2cc(NC(=O)c3n[nH]c(CC4CCCCC4)n3)ncc2Cl)c1. The summed E-state index contributed by atoms with van der Waals surface area (Å²) in [5.74, 6) is 2.11. The van der Waals surface area contributed by atoms with Crippen LogP contribution in [0.4, 0.5) is 5.82 Å². The van der Waals surface area contributed by atoms with Crippen LogP contribution in [0.3, 0.4) is 0 Å². The van der Waals surface area contributed by atoms with E-state index < -0.39 is 11.5 Å². The van der Waals surface area contributed by atoms with Gasteiger partial charge < -0.3 is 15.2 Å². The summed E-state index contributed by atoms with van der Waals surface area (Å²) in [6.07, 6.45) is 11.5. The number of aromatic amines is 1. The first-order valence-corrected chi connectivity index (χ1v) is 14.5. The van der Waals surface area contributed by atoms with Gasteiger partial charge in [-0.25, -0.2) is 9.97 Å². The van der Waals surface area contributed by atoms with Crippen LogP contribution in [0, 0.1) is 12.8 Å². The summed E-state index contributed by atoms with van der Waals surface area (Å²) in [4.78, 5) is 21.6. The number of halogens is 1. The van der Waals surface area contributed by atoms with Gasteiger partial charge in [-0.15, -0.1) is 5.10 Å². The van der Waals surface area contributed by atoms with E-state index in [1.54, 1.807) is 6.07 Å². The van der Waals surface area contributed by atoms with Gasteiger partial charge in [0, 0.05) is 18.2 Å². The standard InChI is InChI=1S/C30H40ClN5O3/c1-4-30(38,5-2)14-9-15-39-22-13-12-20(3)23(17-22)24-18-26(32-19-25(24)31)34-29(37)28-33-27(35-36-28)16-21-10-7-6-8-11-21/h12-13,17-19,21,38H,4-11,14-16H2,1-3H3,(H,32,34,37)(H,33,35,36). The van der Waals surface area contributed by atoms with E-state index in [0.29, 0.717) is 29.8 Å². The summed E-state index contributed by atoms with van der Waals surface area (Å²) in [6, 6.07) is 7.61. The Kier molecular flexibility index (Phi) is 9.97. The van der Waals surface area contributed by atoms with Gasteiger partial charge in [-0.1, -0.05) is 63.6 Å². The van der Waals surface area contributed by atoms with Crippen molar-refractivity contribution in [3.05, 3.63) is 52.7 Å². The van der Waals surface area contributed by atoms with Crippen molar-refractivity contribution in [3.63, 3.8) is 0 Å². The van der Waals surface area contributed by atoms with Gasteiger partial charge in [0.25, 0.3) is 5.91 Å². The number of anilines is 1. The molecule has 0 spiro atoms. The van der Waals surface area contributed by atoms with Crippen molar-refractivity contribution in [2.75, 3.05) is 11.9 Å². The Morgan fingerprint density at radius 1 is 1.18 bits per heavy atom. The Balaban J connectivity index is 1.41. The second kappa shape index (κ2) is 13.4. The molecule has 1 fully saturated rings. The molecule has 39 heavy (non-hydrogen) atoms. The third-order valence-electron chi connectivity index (χ3n) is 7.91. The van der Waals surface area contributed by atoms with Gasteiger partial charge in [0.2, 0.25) is 5.82 Å². The maximum absolute atomic E-state index is 12.9. The van der Waals surface area contributed by atoms with Crippen molar-refractivity contribution in [2.45, 2.75) is 90.6 Å². The van der Waals surface area contributed by atoms with Crippen molar-refractivity contribution in [3.8, 4) is 16.9 Å². The fourth-order valence-electron chi connectivity index (χ4n) is 5.21. The molecule has 2 heterocycles. The van der Waals surface area contributed by atoms with Crippen LogP contribution in [-0.4, -0.2) is 43.4 Å². The largest absolute Gasteiger partial charge is 0.494 e. The highest BCUT2D eigenvalue weighted by Gasteiger charge is 2.22. The van der Waals surface area contributed by atoms with Crippen LogP contribution in [-0.2, 0) is 6.42 Å². The maximum atomic E-state index is 12.9. The van der Waals surface area contributed by atoms with Gasteiger partial charge in [-0.05, 0) is 67.9 Å². The topological polar surface area (TPSA) is 113 Å². The number of nitrogens with one attached hydrogen (secondary N) is 2. The predicted octanol–water partition coefficient (Wildman–Crippen LogP) is 6.91. The van der Waals surface area contributed by atoms with Gasteiger partial charge >= 0.3 is 0 Å². The Morgan fingerprint density at radius 3 is 2.69 bits per heavy atom. The molecule has 8 nitrogen and oxygen atoms in total. The molecule has 9 heteroatoms. The molecule has 1 saturated carbocycles. The monoisotopic (exact) mass is 553 g/mol. The molecule has 0 unspecified atom stereocenters. The van der Waals surface area contributed by atoms with Crippen molar-refractivity contribution < 1.29 is 14.6 Å². The summed E-state index contributed by atoms with van der Waals surface area (Å²) >= 11 is 6.54. The number of benzene rings is 1. The minimum absolute atomic E-state index is 0.101. The van der Waals surface area contributed by atoms with E-state index in [1.165, 1.54) is 38.3 Å². The van der Waals surface area contributed by atoms with Gasteiger partial charge in [0.05, 0.1) is 17.2 Å². The smallest absolute Gasteiger partial charge is 0.296 e. The van der Waals surface area contributed by atoms with Crippen molar-refractivity contribution in [1.82, 2.24) is 20.2 Å². The molecule has 0 aliphatic heterocycles. The molecule has 1 amide bonds. The molecule has 0 radical (unpaired) electrons. The van der Waals surface area contributed by atoms with Crippen LogP contribution in [0.2, 0.25) is 5.02 Å². The second-order valence-corrected chi connectivity index (χ2v) is 11.1. The third-order valence-corrected chi connectivity index (χ3v) is 8.21. The number of hydrogen-bond donors (Lipinski definition) is 3. The van der Waals surface area contributed by atoms with Crippen molar-refractivity contribution >= 4 is 23.3 Å². The molecule has 0 saturated heterocycles. The molecular weight excluding hydrogens is 514 g/mol. The lowest BCUT2D eigenvalue weighted by molar-refractivity contribution is 0.0185.